The fraction of sp³-hybridized carbons (Fsp3) is 0.462. The lowest BCUT2D eigenvalue weighted by molar-refractivity contribution is 0.245. The fourth-order valence-corrected chi connectivity index (χ4v) is 1.49. The largest absolute Gasteiger partial charge is 0.369 e. The molecule has 1 rings (SSSR count). The number of aromatic nitrogens is 1. The number of guanidine groups is 1. The van der Waals surface area contributed by atoms with Gasteiger partial charge in [-0.25, -0.2) is 9.78 Å². The Balaban J connectivity index is 2.59. The van der Waals surface area contributed by atoms with Crippen LogP contribution in [0.15, 0.2) is 23.3 Å². The van der Waals surface area contributed by atoms with Crippen LogP contribution in [0.3, 0.4) is 0 Å². The number of hydrogen-bond donors (Lipinski definition) is 3. The van der Waals surface area contributed by atoms with Crippen LogP contribution in [0.25, 0.3) is 0 Å². The zero-order valence-electron chi connectivity index (χ0n) is 11.4. The van der Waals surface area contributed by atoms with E-state index in [4.69, 9.17) is 5.73 Å². The molecule has 0 saturated carbocycles. The zero-order chi connectivity index (χ0) is 14.1. The first-order chi connectivity index (χ1) is 9.17. The summed E-state index contributed by atoms with van der Waals surface area (Å²) in [6.07, 6.45) is 4.41. The van der Waals surface area contributed by atoms with E-state index in [1.54, 1.807) is 6.20 Å². The number of nitrogens with zero attached hydrogens (tertiary/aromatic N) is 2. The van der Waals surface area contributed by atoms with Crippen molar-refractivity contribution in [1.29, 1.82) is 0 Å². The van der Waals surface area contributed by atoms with Crippen LogP contribution in [0.2, 0.25) is 0 Å². The average Bonchev–Trinajstić information content (AvgIpc) is 2.39. The maximum Gasteiger partial charge on any atom is 0.321 e. The van der Waals surface area contributed by atoms with Crippen molar-refractivity contribution in [1.82, 2.24) is 15.6 Å². The van der Waals surface area contributed by atoms with E-state index in [2.05, 4.69) is 27.5 Å². The van der Waals surface area contributed by atoms with E-state index in [1.807, 2.05) is 19.1 Å². The number of hydrogen-bond acceptors (Lipinski definition) is 3. The van der Waals surface area contributed by atoms with E-state index in [-0.39, 0.29) is 12.0 Å². The number of unbranched alkanes of at least 4 members (excludes halogenated alkanes) is 1. The third-order valence-corrected chi connectivity index (χ3v) is 2.53. The summed E-state index contributed by atoms with van der Waals surface area (Å²) in [7, 11) is 0. The van der Waals surface area contributed by atoms with E-state index in [9.17, 15) is 4.79 Å². The minimum atomic E-state index is -0.344. The SMILES string of the molecule is CCCCNC(=O)N/C(N)=N/c1ncccc1CC. The number of nitrogens with one attached hydrogen (secondary N) is 2. The molecule has 2 amide bonds. The molecule has 0 aliphatic carbocycles. The zero-order valence-corrected chi connectivity index (χ0v) is 11.4. The van der Waals surface area contributed by atoms with Gasteiger partial charge in [-0.05, 0) is 24.5 Å². The molecule has 4 N–H and O–H groups in total. The van der Waals surface area contributed by atoms with Crippen molar-refractivity contribution in [2.75, 3.05) is 6.54 Å². The van der Waals surface area contributed by atoms with Crippen LogP contribution < -0.4 is 16.4 Å². The molecule has 1 aromatic heterocycles. The molecule has 0 aliphatic heterocycles. The van der Waals surface area contributed by atoms with Gasteiger partial charge in [-0.1, -0.05) is 26.3 Å². The van der Waals surface area contributed by atoms with Crippen molar-refractivity contribution in [3.05, 3.63) is 23.9 Å². The van der Waals surface area contributed by atoms with E-state index >= 15 is 0 Å². The maximum atomic E-state index is 11.5. The molecule has 1 aromatic rings. The molecule has 0 spiro atoms. The van der Waals surface area contributed by atoms with Crippen molar-refractivity contribution in [2.45, 2.75) is 33.1 Å². The summed E-state index contributed by atoms with van der Waals surface area (Å²) in [5, 5.41) is 5.17. The van der Waals surface area contributed by atoms with Gasteiger partial charge >= 0.3 is 6.03 Å². The van der Waals surface area contributed by atoms with Gasteiger partial charge < -0.3 is 11.1 Å². The van der Waals surface area contributed by atoms with Crippen molar-refractivity contribution in [3.8, 4) is 0 Å². The predicted molar refractivity (Wildman–Crippen MR) is 76.3 cm³/mol. The van der Waals surface area contributed by atoms with Gasteiger partial charge in [0.1, 0.15) is 0 Å². The predicted octanol–water partition coefficient (Wildman–Crippen LogP) is 1.69. The molecule has 0 atom stereocenters. The summed E-state index contributed by atoms with van der Waals surface area (Å²) in [6.45, 7) is 4.69. The van der Waals surface area contributed by atoms with Crippen molar-refractivity contribution in [2.24, 2.45) is 10.7 Å². The Kier molecular flexibility index (Phi) is 6.35. The average molecular weight is 263 g/mol. The van der Waals surface area contributed by atoms with Crippen LogP contribution in [-0.4, -0.2) is 23.5 Å². The number of carbonyl (C=O) groups is 1. The molecular formula is C13H21N5O. The van der Waals surface area contributed by atoms with Crippen LogP contribution in [0, 0.1) is 0 Å². The van der Waals surface area contributed by atoms with Gasteiger partial charge in [0.2, 0.25) is 5.96 Å². The Bertz CT molecular complexity index is 444. The second-order valence-corrected chi connectivity index (χ2v) is 4.07. The Morgan fingerprint density at radius 1 is 1.47 bits per heavy atom. The number of urea groups is 1. The molecular weight excluding hydrogens is 242 g/mol. The first kappa shape index (κ1) is 14.9. The molecule has 6 heteroatoms. The highest BCUT2D eigenvalue weighted by atomic mass is 16.2. The second kappa shape index (κ2) is 8.07. The third-order valence-electron chi connectivity index (χ3n) is 2.53. The first-order valence-electron chi connectivity index (χ1n) is 6.50. The summed E-state index contributed by atoms with van der Waals surface area (Å²) in [5.41, 5.74) is 6.66. The molecule has 1 heterocycles. The molecule has 0 saturated heterocycles. The third kappa shape index (κ3) is 5.37. The number of carbonyl (C=O) groups excluding carboxylic acids is 1. The van der Waals surface area contributed by atoms with E-state index in [1.165, 1.54) is 0 Å². The number of amides is 2. The van der Waals surface area contributed by atoms with Gasteiger partial charge in [-0.15, -0.1) is 0 Å². The Morgan fingerprint density at radius 3 is 2.95 bits per heavy atom. The summed E-state index contributed by atoms with van der Waals surface area (Å²) in [4.78, 5) is 19.7. The van der Waals surface area contributed by atoms with Gasteiger partial charge in [0.15, 0.2) is 5.82 Å². The highest BCUT2D eigenvalue weighted by molar-refractivity contribution is 5.96. The van der Waals surface area contributed by atoms with Gasteiger partial charge in [-0.2, -0.15) is 4.99 Å². The molecule has 6 nitrogen and oxygen atoms in total. The Morgan fingerprint density at radius 2 is 2.26 bits per heavy atom. The Labute approximate surface area is 113 Å². The number of pyridine rings is 1. The van der Waals surface area contributed by atoms with Gasteiger partial charge in [0.25, 0.3) is 0 Å². The standard InChI is InChI=1S/C13H21N5O/c1-3-5-8-16-13(19)18-12(14)17-11-10(4-2)7-6-9-15-11/h6-7,9H,3-5,8H2,1-2H3,(H4,14,15,16,17,18,19). The van der Waals surface area contributed by atoms with E-state index in [0.717, 1.165) is 24.8 Å². The number of aliphatic imine (C=N–C) groups is 1. The Hall–Kier alpha value is -2.11. The molecule has 0 radical (unpaired) electrons. The molecule has 104 valence electrons. The van der Waals surface area contributed by atoms with Crippen LogP contribution in [-0.2, 0) is 6.42 Å². The molecule has 0 aromatic carbocycles. The van der Waals surface area contributed by atoms with E-state index in [0.29, 0.717) is 12.4 Å². The monoisotopic (exact) mass is 263 g/mol. The first-order valence-corrected chi connectivity index (χ1v) is 6.50. The van der Waals surface area contributed by atoms with Crippen LogP contribution in [0.5, 0.6) is 0 Å². The van der Waals surface area contributed by atoms with Crippen molar-refractivity contribution >= 4 is 17.8 Å². The topological polar surface area (TPSA) is 92.4 Å². The van der Waals surface area contributed by atoms with E-state index < -0.39 is 0 Å². The minimum Gasteiger partial charge on any atom is -0.369 e. The van der Waals surface area contributed by atoms with Gasteiger partial charge in [0, 0.05) is 12.7 Å². The summed E-state index contributed by atoms with van der Waals surface area (Å²) in [6, 6.07) is 3.43. The smallest absolute Gasteiger partial charge is 0.321 e. The highest BCUT2D eigenvalue weighted by Gasteiger charge is 2.04. The summed E-state index contributed by atoms with van der Waals surface area (Å²) in [5.74, 6) is 0.582. The quantitative estimate of drug-likeness (QED) is 0.429. The van der Waals surface area contributed by atoms with Crippen molar-refractivity contribution in [3.63, 3.8) is 0 Å². The highest BCUT2D eigenvalue weighted by Crippen LogP contribution is 2.14. The normalized spacial score (nSPS) is 11.2. The number of aryl methyl sites for hydroxylation is 1. The summed E-state index contributed by atoms with van der Waals surface area (Å²) >= 11 is 0. The van der Waals surface area contributed by atoms with Gasteiger partial charge in [-0.3, -0.25) is 5.32 Å². The molecule has 0 bridgehead atoms. The van der Waals surface area contributed by atoms with Crippen molar-refractivity contribution < 1.29 is 4.79 Å². The minimum absolute atomic E-state index is 0.0439. The number of nitrogens with two attached hydrogens (primary N) is 1. The number of rotatable bonds is 5. The lowest BCUT2D eigenvalue weighted by Gasteiger charge is -2.07. The molecule has 0 fully saturated rings. The van der Waals surface area contributed by atoms with Crippen LogP contribution in [0.1, 0.15) is 32.3 Å². The fourth-order valence-electron chi connectivity index (χ4n) is 1.49. The molecule has 0 aliphatic rings. The lowest BCUT2D eigenvalue weighted by atomic mass is 10.2. The second-order valence-electron chi connectivity index (χ2n) is 4.07. The lowest BCUT2D eigenvalue weighted by Crippen LogP contribution is -2.43. The molecule has 0 unspecified atom stereocenters. The maximum absolute atomic E-state index is 11.5. The molecule has 19 heavy (non-hydrogen) atoms. The van der Waals surface area contributed by atoms with Crippen LogP contribution >= 0.6 is 0 Å². The van der Waals surface area contributed by atoms with Crippen LogP contribution in [0.4, 0.5) is 10.6 Å². The van der Waals surface area contributed by atoms with Gasteiger partial charge in [0.05, 0.1) is 0 Å². The summed E-state index contributed by atoms with van der Waals surface area (Å²) < 4.78 is 0.